The second-order valence-electron chi connectivity index (χ2n) is 4.78. The first-order chi connectivity index (χ1) is 9.07. The van der Waals surface area contributed by atoms with Gasteiger partial charge in [-0.05, 0) is 26.3 Å². The molecule has 1 aromatic carbocycles. The van der Waals surface area contributed by atoms with E-state index in [1.165, 1.54) is 0 Å². The summed E-state index contributed by atoms with van der Waals surface area (Å²) in [5.41, 5.74) is 0.384. The van der Waals surface area contributed by atoms with Crippen molar-refractivity contribution in [3.8, 4) is 0 Å². The SMILES string of the molecule is CCN(CC)C(=O)CNC(C)(CO)c1ccccc1. The number of carbonyl (C=O) groups excluding carboxylic acids is 1. The molecule has 1 unspecified atom stereocenters. The number of rotatable bonds is 7. The van der Waals surface area contributed by atoms with Crippen LogP contribution in [0.3, 0.4) is 0 Å². The highest BCUT2D eigenvalue weighted by molar-refractivity contribution is 5.78. The number of hydrogen-bond acceptors (Lipinski definition) is 3. The lowest BCUT2D eigenvalue weighted by molar-refractivity contribution is -0.130. The van der Waals surface area contributed by atoms with Gasteiger partial charge in [0.1, 0.15) is 0 Å². The maximum absolute atomic E-state index is 12.0. The van der Waals surface area contributed by atoms with E-state index in [0.29, 0.717) is 13.1 Å². The molecule has 0 saturated carbocycles. The van der Waals surface area contributed by atoms with Gasteiger partial charge in [-0.15, -0.1) is 0 Å². The van der Waals surface area contributed by atoms with Crippen molar-refractivity contribution in [2.24, 2.45) is 0 Å². The third-order valence-corrected chi connectivity index (χ3v) is 3.47. The molecule has 1 amide bonds. The van der Waals surface area contributed by atoms with Crippen molar-refractivity contribution in [1.82, 2.24) is 10.2 Å². The number of amides is 1. The van der Waals surface area contributed by atoms with Crippen LogP contribution < -0.4 is 5.32 Å². The highest BCUT2D eigenvalue weighted by Crippen LogP contribution is 2.19. The van der Waals surface area contributed by atoms with Gasteiger partial charge in [0.2, 0.25) is 5.91 Å². The summed E-state index contributed by atoms with van der Waals surface area (Å²) >= 11 is 0. The highest BCUT2D eigenvalue weighted by atomic mass is 16.3. The van der Waals surface area contributed by atoms with E-state index in [1.54, 1.807) is 4.90 Å². The summed E-state index contributed by atoms with van der Waals surface area (Å²) in [6.07, 6.45) is 0. The molecule has 1 rings (SSSR count). The smallest absolute Gasteiger partial charge is 0.236 e. The van der Waals surface area contributed by atoms with Crippen LogP contribution in [0.25, 0.3) is 0 Å². The lowest BCUT2D eigenvalue weighted by atomic mass is 9.93. The first-order valence-corrected chi connectivity index (χ1v) is 6.76. The fraction of sp³-hybridized carbons (Fsp3) is 0.533. The van der Waals surface area contributed by atoms with Gasteiger partial charge in [-0.25, -0.2) is 0 Å². The molecule has 19 heavy (non-hydrogen) atoms. The number of aliphatic hydroxyl groups is 1. The van der Waals surface area contributed by atoms with Crippen LogP contribution in [0, 0.1) is 0 Å². The summed E-state index contributed by atoms with van der Waals surface area (Å²) in [6, 6.07) is 9.69. The normalized spacial score (nSPS) is 13.9. The fourth-order valence-electron chi connectivity index (χ4n) is 2.01. The molecule has 4 nitrogen and oxygen atoms in total. The zero-order valence-electron chi connectivity index (χ0n) is 12.0. The van der Waals surface area contributed by atoms with Crippen molar-refractivity contribution in [2.45, 2.75) is 26.3 Å². The molecule has 4 heteroatoms. The first kappa shape index (κ1) is 15.7. The number of likely N-dealkylation sites (N-methyl/N-ethyl adjacent to an activating group) is 1. The second-order valence-corrected chi connectivity index (χ2v) is 4.78. The quantitative estimate of drug-likeness (QED) is 0.781. The largest absolute Gasteiger partial charge is 0.394 e. The third-order valence-electron chi connectivity index (χ3n) is 3.47. The minimum atomic E-state index is -0.593. The van der Waals surface area contributed by atoms with Crippen LogP contribution in [-0.4, -0.2) is 42.2 Å². The molecule has 0 radical (unpaired) electrons. The zero-order chi connectivity index (χ0) is 14.3. The number of aliphatic hydroxyl groups excluding tert-OH is 1. The zero-order valence-corrected chi connectivity index (χ0v) is 12.0. The Morgan fingerprint density at radius 1 is 1.26 bits per heavy atom. The second kappa shape index (κ2) is 7.26. The van der Waals surface area contributed by atoms with E-state index in [9.17, 15) is 9.90 Å². The minimum absolute atomic E-state index is 0.0530. The summed E-state index contributed by atoms with van der Waals surface area (Å²) in [7, 11) is 0. The molecular weight excluding hydrogens is 240 g/mol. The molecule has 0 bridgehead atoms. The van der Waals surface area contributed by atoms with Gasteiger partial charge >= 0.3 is 0 Å². The van der Waals surface area contributed by atoms with Crippen LogP contribution in [0.2, 0.25) is 0 Å². The van der Waals surface area contributed by atoms with Crippen molar-refractivity contribution >= 4 is 5.91 Å². The average Bonchev–Trinajstić information content (AvgIpc) is 2.47. The third kappa shape index (κ3) is 4.04. The number of benzene rings is 1. The van der Waals surface area contributed by atoms with Crippen molar-refractivity contribution < 1.29 is 9.90 Å². The van der Waals surface area contributed by atoms with Crippen LogP contribution in [0.15, 0.2) is 30.3 Å². The van der Waals surface area contributed by atoms with E-state index in [4.69, 9.17) is 0 Å². The topological polar surface area (TPSA) is 52.6 Å². The first-order valence-electron chi connectivity index (χ1n) is 6.76. The molecule has 0 aliphatic rings. The molecule has 0 aliphatic carbocycles. The molecule has 0 fully saturated rings. The molecule has 0 heterocycles. The van der Waals surface area contributed by atoms with E-state index in [0.717, 1.165) is 5.56 Å². The Bertz CT molecular complexity index is 390. The Kier molecular flexibility index (Phi) is 5.99. The lowest BCUT2D eigenvalue weighted by Gasteiger charge is -2.30. The molecule has 0 aliphatic heterocycles. The Morgan fingerprint density at radius 2 is 1.84 bits per heavy atom. The Balaban J connectivity index is 2.70. The van der Waals surface area contributed by atoms with E-state index in [-0.39, 0.29) is 19.1 Å². The summed E-state index contributed by atoms with van der Waals surface area (Å²) in [6.45, 7) is 7.41. The predicted molar refractivity (Wildman–Crippen MR) is 76.8 cm³/mol. The van der Waals surface area contributed by atoms with Gasteiger partial charge in [-0.1, -0.05) is 30.3 Å². The van der Waals surface area contributed by atoms with Crippen molar-refractivity contribution in [3.05, 3.63) is 35.9 Å². The van der Waals surface area contributed by atoms with Crippen LogP contribution in [0.4, 0.5) is 0 Å². The Hall–Kier alpha value is -1.39. The highest BCUT2D eigenvalue weighted by Gasteiger charge is 2.26. The van der Waals surface area contributed by atoms with Crippen molar-refractivity contribution in [2.75, 3.05) is 26.2 Å². The van der Waals surface area contributed by atoms with E-state index in [2.05, 4.69) is 5.32 Å². The van der Waals surface area contributed by atoms with Crippen LogP contribution >= 0.6 is 0 Å². The lowest BCUT2D eigenvalue weighted by Crippen LogP contribution is -2.48. The molecule has 0 saturated heterocycles. The standard InChI is InChI=1S/C15H24N2O2/c1-4-17(5-2)14(19)11-16-15(3,12-18)13-9-7-6-8-10-13/h6-10,16,18H,4-5,11-12H2,1-3H3. The Labute approximate surface area is 115 Å². The maximum Gasteiger partial charge on any atom is 0.236 e. The summed E-state index contributed by atoms with van der Waals surface area (Å²) in [5.74, 6) is 0.0561. The summed E-state index contributed by atoms with van der Waals surface area (Å²) < 4.78 is 0. The predicted octanol–water partition coefficient (Wildman–Crippen LogP) is 1.35. The molecule has 0 spiro atoms. The van der Waals surface area contributed by atoms with E-state index in [1.807, 2.05) is 51.1 Å². The summed E-state index contributed by atoms with van der Waals surface area (Å²) in [5, 5.41) is 12.8. The van der Waals surface area contributed by atoms with Gasteiger partial charge in [0.05, 0.1) is 18.7 Å². The van der Waals surface area contributed by atoms with E-state index >= 15 is 0 Å². The number of carbonyl (C=O) groups is 1. The molecule has 0 aromatic heterocycles. The molecule has 106 valence electrons. The van der Waals surface area contributed by atoms with Gasteiger partial charge in [0.15, 0.2) is 0 Å². The number of hydrogen-bond donors (Lipinski definition) is 2. The maximum atomic E-state index is 12.0. The van der Waals surface area contributed by atoms with Gasteiger partial charge in [0.25, 0.3) is 0 Å². The van der Waals surface area contributed by atoms with Gasteiger partial charge < -0.3 is 10.0 Å². The molecule has 1 atom stereocenters. The summed E-state index contributed by atoms with van der Waals surface area (Å²) in [4.78, 5) is 13.8. The van der Waals surface area contributed by atoms with Crippen LogP contribution in [0.5, 0.6) is 0 Å². The van der Waals surface area contributed by atoms with Gasteiger partial charge in [-0.3, -0.25) is 10.1 Å². The Morgan fingerprint density at radius 3 is 2.32 bits per heavy atom. The number of nitrogens with zero attached hydrogens (tertiary/aromatic N) is 1. The molecular formula is C15H24N2O2. The average molecular weight is 264 g/mol. The van der Waals surface area contributed by atoms with Crippen LogP contribution in [-0.2, 0) is 10.3 Å². The monoisotopic (exact) mass is 264 g/mol. The van der Waals surface area contributed by atoms with Crippen molar-refractivity contribution in [1.29, 1.82) is 0 Å². The number of nitrogens with one attached hydrogen (secondary N) is 1. The van der Waals surface area contributed by atoms with Gasteiger partial charge in [0, 0.05) is 13.1 Å². The van der Waals surface area contributed by atoms with Crippen molar-refractivity contribution in [3.63, 3.8) is 0 Å². The van der Waals surface area contributed by atoms with Crippen LogP contribution in [0.1, 0.15) is 26.3 Å². The minimum Gasteiger partial charge on any atom is -0.394 e. The van der Waals surface area contributed by atoms with E-state index < -0.39 is 5.54 Å². The fourth-order valence-corrected chi connectivity index (χ4v) is 2.01. The van der Waals surface area contributed by atoms with Gasteiger partial charge in [-0.2, -0.15) is 0 Å². The molecule has 1 aromatic rings. The molecule has 2 N–H and O–H groups in total.